The Balaban J connectivity index is 2.05. The summed E-state index contributed by atoms with van der Waals surface area (Å²) in [6.07, 6.45) is -0.209. The van der Waals surface area contributed by atoms with Crippen LogP contribution in [0.15, 0.2) is 42.5 Å². The second kappa shape index (κ2) is 9.82. The number of nitrogens with one attached hydrogen (secondary N) is 3. The minimum absolute atomic E-state index is 0.146. The zero-order valence-electron chi connectivity index (χ0n) is 14.8. The van der Waals surface area contributed by atoms with Crippen LogP contribution in [0.5, 0.6) is 5.75 Å². The van der Waals surface area contributed by atoms with Gasteiger partial charge in [-0.3, -0.25) is 20.4 Å². The van der Waals surface area contributed by atoms with Gasteiger partial charge in [0.1, 0.15) is 5.75 Å². The highest BCUT2D eigenvalue weighted by molar-refractivity contribution is 6.31. The molecule has 4 amide bonds. The molecule has 2 rings (SSSR count). The van der Waals surface area contributed by atoms with Crippen LogP contribution in [0.4, 0.5) is 4.79 Å². The first-order chi connectivity index (χ1) is 13.3. The summed E-state index contributed by atoms with van der Waals surface area (Å²) in [5.41, 5.74) is 10.4. The fraction of sp³-hybridized carbons (Fsp3) is 0.167. The van der Waals surface area contributed by atoms with Gasteiger partial charge in [0, 0.05) is 10.0 Å². The predicted molar refractivity (Wildman–Crippen MR) is 105 cm³/mol. The maximum Gasteiger partial charge on any atom is 0.312 e. The van der Waals surface area contributed by atoms with E-state index in [0.717, 1.165) is 0 Å². The van der Waals surface area contributed by atoms with E-state index in [1.165, 1.54) is 19.2 Å². The van der Waals surface area contributed by atoms with Crippen molar-refractivity contribution in [3.8, 4) is 5.75 Å². The van der Waals surface area contributed by atoms with E-state index in [1.54, 1.807) is 30.3 Å². The number of methoxy groups -OCH3 is 1. The van der Waals surface area contributed by atoms with Gasteiger partial charge in [0.05, 0.1) is 25.1 Å². The molecule has 5 N–H and O–H groups in total. The van der Waals surface area contributed by atoms with Gasteiger partial charge in [-0.2, -0.15) is 0 Å². The van der Waals surface area contributed by atoms with E-state index in [4.69, 9.17) is 33.7 Å². The molecule has 0 bridgehead atoms. The monoisotopic (exact) mass is 424 g/mol. The van der Waals surface area contributed by atoms with Gasteiger partial charge in [0.2, 0.25) is 5.91 Å². The fourth-order valence-corrected chi connectivity index (χ4v) is 2.90. The Morgan fingerprint density at radius 2 is 1.82 bits per heavy atom. The highest BCUT2D eigenvalue weighted by atomic mass is 35.5. The summed E-state index contributed by atoms with van der Waals surface area (Å²) in [5, 5.41) is 3.15. The standard InChI is InChI=1S/C18H18Cl2N4O4/c1-28-15-7-6-10(19)8-12(15)17(26)24-23-16(25)9-14(22-18(21)27)11-4-2-3-5-13(11)20/h2-8,14H,9H2,1H3,(H,23,25)(H,24,26)(H3,21,22,27)/t14-/m1/s1. The molecular formula is C18H18Cl2N4O4. The lowest BCUT2D eigenvalue weighted by Gasteiger charge is -2.19. The summed E-state index contributed by atoms with van der Waals surface area (Å²) in [7, 11) is 1.41. The molecule has 1 atom stereocenters. The first-order valence-electron chi connectivity index (χ1n) is 8.05. The molecular weight excluding hydrogens is 407 g/mol. The number of hydrazine groups is 1. The third kappa shape index (κ3) is 5.77. The van der Waals surface area contributed by atoms with Crippen LogP contribution in [0.3, 0.4) is 0 Å². The van der Waals surface area contributed by atoms with Crippen LogP contribution in [0.1, 0.15) is 28.4 Å². The van der Waals surface area contributed by atoms with Crippen molar-refractivity contribution in [2.24, 2.45) is 5.73 Å². The minimum Gasteiger partial charge on any atom is -0.496 e. The normalized spacial score (nSPS) is 11.2. The summed E-state index contributed by atoms with van der Waals surface area (Å²) in [4.78, 5) is 35.8. The summed E-state index contributed by atoms with van der Waals surface area (Å²) in [5.74, 6) is -0.904. The second-order valence-corrected chi connectivity index (χ2v) is 6.48. The molecule has 0 saturated carbocycles. The third-order valence-corrected chi connectivity index (χ3v) is 4.29. The lowest BCUT2D eigenvalue weighted by Crippen LogP contribution is -2.44. The Morgan fingerprint density at radius 1 is 1.11 bits per heavy atom. The number of carbonyl (C=O) groups is 3. The molecule has 0 fully saturated rings. The van der Waals surface area contributed by atoms with Crippen molar-refractivity contribution in [1.29, 1.82) is 0 Å². The average Bonchev–Trinajstić information content (AvgIpc) is 2.65. The van der Waals surface area contributed by atoms with Crippen molar-refractivity contribution in [3.05, 3.63) is 63.6 Å². The van der Waals surface area contributed by atoms with Crippen molar-refractivity contribution in [3.63, 3.8) is 0 Å². The number of amides is 4. The Labute approximate surface area is 171 Å². The molecule has 148 valence electrons. The summed E-state index contributed by atoms with van der Waals surface area (Å²) in [6, 6.07) is 9.62. The summed E-state index contributed by atoms with van der Waals surface area (Å²) in [6.45, 7) is 0. The lowest BCUT2D eigenvalue weighted by atomic mass is 10.0. The van der Waals surface area contributed by atoms with Crippen LogP contribution in [-0.4, -0.2) is 25.0 Å². The average molecular weight is 425 g/mol. The van der Waals surface area contributed by atoms with Crippen molar-refractivity contribution in [1.82, 2.24) is 16.2 Å². The van der Waals surface area contributed by atoms with Gasteiger partial charge in [0.15, 0.2) is 0 Å². The number of hydrogen-bond donors (Lipinski definition) is 4. The van der Waals surface area contributed by atoms with Gasteiger partial charge in [-0.15, -0.1) is 0 Å². The number of benzene rings is 2. The van der Waals surface area contributed by atoms with Gasteiger partial charge in [-0.1, -0.05) is 41.4 Å². The maximum atomic E-state index is 12.3. The molecule has 0 heterocycles. The topological polar surface area (TPSA) is 123 Å². The molecule has 28 heavy (non-hydrogen) atoms. The largest absolute Gasteiger partial charge is 0.496 e. The zero-order valence-corrected chi connectivity index (χ0v) is 16.3. The molecule has 0 unspecified atom stereocenters. The summed E-state index contributed by atoms with van der Waals surface area (Å²) < 4.78 is 5.10. The Kier molecular flexibility index (Phi) is 7.48. The van der Waals surface area contributed by atoms with Crippen LogP contribution < -0.4 is 26.6 Å². The van der Waals surface area contributed by atoms with Crippen LogP contribution in [0.2, 0.25) is 10.0 Å². The Morgan fingerprint density at radius 3 is 2.46 bits per heavy atom. The van der Waals surface area contributed by atoms with Gasteiger partial charge >= 0.3 is 6.03 Å². The predicted octanol–water partition coefficient (Wildman–Crippen LogP) is 2.56. The van der Waals surface area contributed by atoms with Crippen LogP contribution in [0.25, 0.3) is 0 Å². The third-order valence-electron chi connectivity index (χ3n) is 3.71. The van der Waals surface area contributed by atoms with Crippen LogP contribution in [0, 0.1) is 0 Å². The highest BCUT2D eigenvalue weighted by Crippen LogP contribution is 2.25. The van der Waals surface area contributed by atoms with E-state index in [2.05, 4.69) is 16.2 Å². The first kappa shape index (κ1) is 21.3. The van der Waals surface area contributed by atoms with Gasteiger partial charge in [0.25, 0.3) is 5.91 Å². The molecule has 8 nitrogen and oxygen atoms in total. The summed E-state index contributed by atoms with van der Waals surface area (Å²) >= 11 is 12.0. The van der Waals surface area contributed by atoms with E-state index in [0.29, 0.717) is 21.4 Å². The molecule has 10 heteroatoms. The van der Waals surface area contributed by atoms with E-state index in [9.17, 15) is 14.4 Å². The van der Waals surface area contributed by atoms with Gasteiger partial charge < -0.3 is 15.8 Å². The molecule has 0 radical (unpaired) electrons. The van der Waals surface area contributed by atoms with Crippen LogP contribution in [-0.2, 0) is 4.79 Å². The number of rotatable bonds is 6. The fourth-order valence-electron chi connectivity index (χ4n) is 2.46. The minimum atomic E-state index is -0.814. The second-order valence-electron chi connectivity index (χ2n) is 5.63. The number of carbonyl (C=O) groups excluding carboxylic acids is 3. The lowest BCUT2D eigenvalue weighted by molar-refractivity contribution is -0.122. The molecule has 2 aromatic carbocycles. The van der Waals surface area contributed by atoms with E-state index < -0.39 is 23.9 Å². The molecule has 0 aliphatic heterocycles. The van der Waals surface area contributed by atoms with E-state index in [-0.39, 0.29) is 12.0 Å². The number of hydrogen-bond acceptors (Lipinski definition) is 4. The number of urea groups is 1. The quantitative estimate of drug-likeness (QED) is 0.532. The van der Waals surface area contributed by atoms with Crippen LogP contribution >= 0.6 is 23.2 Å². The van der Waals surface area contributed by atoms with Crippen molar-refractivity contribution in [2.75, 3.05) is 7.11 Å². The highest BCUT2D eigenvalue weighted by Gasteiger charge is 2.20. The molecule has 0 aliphatic carbocycles. The molecule has 0 aromatic heterocycles. The van der Waals surface area contributed by atoms with Crippen molar-refractivity contribution >= 4 is 41.0 Å². The number of halogens is 2. The molecule has 2 aromatic rings. The van der Waals surface area contributed by atoms with Gasteiger partial charge in [-0.05, 0) is 29.8 Å². The Hall–Kier alpha value is -2.97. The molecule has 0 spiro atoms. The van der Waals surface area contributed by atoms with E-state index in [1.807, 2.05) is 0 Å². The SMILES string of the molecule is COc1ccc(Cl)cc1C(=O)NNC(=O)C[C@@H](NC(N)=O)c1ccccc1Cl. The van der Waals surface area contributed by atoms with E-state index >= 15 is 0 Å². The number of ether oxygens (including phenoxy) is 1. The Bertz CT molecular complexity index is 892. The first-order valence-corrected chi connectivity index (χ1v) is 8.80. The maximum absolute atomic E-state index is 12.3. The van der Waals surface area contributed by atoms with Gasteiger partial charge in [-0.25, -0.2) is 4.79 Å². The smallest absolute Gasteiger partial charge is 0.312 e. The number of nitrogens with two attached hydrogens (primary N) is 1. The van der Waals surface area contributed by atoms with Crippen molar-refractivity contribution in [2.45, 2.75) is 12.5 Å². The molecule has 0 aliphatic rings. The molecule has 0 saturated heterocycles. The van der Waals surface area contributed by atoms with Crippen molar-refractivity contribution < 1.29 is 19.1 Å². The number of primary amides is 1. The zero-order chi connectivity index (χ0) is 20.7.